The molecule has 0 amide bonds. The number of benzene rings is 2. The van der Waals surface area contributed by atoms with Crippen LogP contribution < -0.4 is 9.47 Å². The Labute approximate surface area is 208 Å². The summed E-state index contributed by atoms with van der Waals surface area (Å²) in [5.41, 5.74) is 4.01. The van der Waals surface area contributed by atoms with E-state index < -0.39 is 30.7 Å². The smallest absolute Gasteiger partial charge is 0.197 e. The molecule has 0 aromatic heterocycles. The summed E-state index contributed by atoms with van der Waals surface area (Å²) in [4.78, 5) is 0. The van der Waals surface area contributed by atoms with E-state index in [1.807, 2.05) is 24.3 Å². The molecule has 0 bridgehead atoms. The number of aryl methyl sites for hydroxylation is 2. The second kappa shape index (κ2) is 11.3. The predicted molar refractivity (Wildman–Crippen MR) is 133 cm³/mol. The van der Waals surface area contributed by atoms with Crippen LogP contribution in [0.15, 0.2) is 42.5 Å². The van der Waals surface area contributed by atoms with Crippen molar-refractivity contribution in [2.75, 3.05) is 13.7 Å². The lowest BCUT2D eigenvalue weighted by atomic mass is 9.84. The van der Waals surface area contributed by atoms with Gasteiger partial charge in [0.2, 0.25) is 0 Å². The Hall–Kier alpha value is -2.12. The van der Waals surface area contributed by atoms with Gasteiger partial charge >= 0.3 is 0 Å². The molecule has 0 radical (unpaired) electrons. The van der Waals surface area contributed by atoms with Crippen LogP contribution in [0.4, 0.5) is 0 Å². The minimum Gasteiger partial charge on any atom is -0.491 e. The lowest BCUT2D eigenvalue weighted by molar-refractivity contribution is -0.287. The van der Waals surface area contributed by atoms with E-state index >= 15 is 0 Å². The third-order valence-electron chi connectivity index (χ3n) is 7.84. The first kappa shape index (κ1) is 24.6. The maximum Gasteiger partial charge on any atom is 0.197 e. The van der Waals surface area contributed by atoms with Gasteiger partial charge < -0.3 is 29.2 Å². The molecule has 190 valence electrons. The summed E-state index contributed by atoms with van der Waals surface area (Å²) in [5, 5.41) is 21.7. The Balaban J connectivity index is 1.19. The fraction of sp³-hybridized carbons (Fsp3) is 0.586. The highest BCUT2D eigenvalue weighted by molar-refractivity contribution is 5.37. The van der Waals surface area contributed by atoms with Gasteiger partial charge in [0, 0.05) is 7.11 Å². The summed E-state index contributed by atoms with van der Waals surface area (Å²) in [6, 6.07) is 14.3. The molecule has 5 atom stereocenters. The fourth-order valence-electron chi connectivity index (χ4n) is 5.75. The highest BCUT2D eigenvalue weighted by Gasteiger charge is 2.46. The predicted octanol–water partition coefficient (Wildman–Crippen LogP) is 4.53. The molecule has 2 fully saturated rings. The van der Waals surface area contributed by atoms with Gasteiger partial charge in [-0.2, -0.15) is 0 Å². The van der Waals surface area contributed by atoms with Gasteiger partial charge in [-0.15, -0.1) is 0 Å². The monoisotopic (exact) mass is 482 g/mol. The van der Waals surface area contributed by atoms with Crippen molar-refractivity contribution in [3.63, 3.8) is 0 Å². The van der Waals surface area contributed by atoms with E-state index in [4.69, 9.17) is 18.9 Å². The quantitative estimate of drug-likeness (QED) is 0.604. The Morgan fingerprint density at radius 3 is 2.29 bits per heavy atom. The number of rotatable bonds is 7. The number of fused-ring (bicyclic) bond motifs is 1. The average molecular weight is 483 g/mol. The van der Waals surface area contributed by atoms with E-state index in [1.54, 1.807) is 0 Å². The van der Waals surface area contributed by atoms with E-state index in [0.717, 1.165) is 18.6 Å². The largest absolute Gasteiger partial charge is 0.491 e. The number of ether oxygens (including phenoxy) is 4. The third kappa shape index (κ3) is 5.67. The van der Waals surface area contributed by atoms with Gasteiger partial charge in [-0.1, -0.05) is 37.5 Å². The molecule has 3 aliphatic rings. The summed E-state index contributed by atoms with van der Waals surface area (Å²) in [5.74, 6) is 2.02. The number of aliphatic hydroxyl groups excluding tert-OH is 2. The van der Waals surface area contributed by atoms with Crippen molar-refractivity contribution in [3.8, 4) is 11.5 Å². The Bertz CT molecular complexity index is 952. The molecule has 2 aromatic carbocycles. The highest BCUT2D eigenvalue weighted by Crippen LogP contribution is 2.34. The van der Waals surface area contributed by atoms with Crippen molar-refractivity contribution in [3.05, 3.63) is 59.2 Å². The second-order valence-electron chi connectivity index (χ2n) is 10.2. The maximum absolute atomic E-state index is 10.9. The van der Waals surface area contributed by atoms with Crippen LogP contribution in [-0.4, -0.2) is 54.6 Å². The summed E-state index contributed by atoms with van der Waals surface area (Å²) in [6.07, 6.45) is 6.24. The summed E-state index contributed by atoms with van der Waals surface area (Å²) in [6.45, 7) is 0.104. The van der Waals surface area contributed by atoms with E-state index in [2.05, 4.69) is 18.2 Å². The molecule has 0 spiro atoms. The molecule has 2 N–H and O–H groups in total. The van der Waals surface area contributed by atoms with Crippen molar-refractivity contribution >= 4 is 0 Å². The van der Waals surface area contributed by atoms with Crippen LogP contribution in [0.25, 0.3) is 0 Å². The molecule has 35 heavy (non-hydrogen) atoms. The zero-order valence-corrected chi connectivity index (χ0v) is 20.6. The molecule has 0 unspecified atom stereocenters. The van der Waals surface area contributed by atoms with Crippen LogP contribution in [-0.2, 0) is 22.3 Å². The zero-order chi connectivity index (χ0) is 24.2. The Kier molecular flexibility index (Phi) is 7.93. The first-order chi connectivity index (χ1) is 17.1. The number of hydrogen-bond donors (Lipinski definition) is 2. The van der Waals surface area contributed by atoms with Gasteiger partial charge in [-0.05, 0) is 85.4 Å². The molecule has 2 aromatic rings. The first-order valence-electron chi connectivity index (χ1n) is 13.2. The van der Waals surface area contributed by atoms with Crippen molar-refractivity contribution in [1.29, 1.82) is 0 Å². The van der Waals surface area contributed by atoms with Gasteiger partial charge in [0.25, 0.3) is 0 Å². The van der Waals surface area contributed by atoms with Crippen molar-refractivity contribution < 1.29 is 29.2 Å². The lowest BCUT2D eigenvalue weighted by Crippen LogP contribution is -2.61. The van der Waals surface area contributed by atoms with Gasteiger partial charge in [-0.25, -0.2) is 0 Å². The summed E-state index contributed by atoms with van der Waals surface area (Å²) >= 11 is 0. The Morgan fingerprint density at radius 1 is 0.829 bits per heavy atom. The number of methoxy groups -OCH3 is 1. The lowest BCUT2D eigenvalue weighted by Gasteiger charge is -2.41. The minimum atomic E-state index is -1.17. The number of hydrogen-bond acceptors (Lipinski definition) is 6. The standard InChI is InChI=1S/C29H38O6/c1-32-29-28(34-24-16-13-20-9-5-6-10-22(20)17-24)27(31)26(30)25(35-29)18-33-23-14-11-21(12-15-23)19-7-3-2-4-8-19/h11-17,19,25-31H,2-10,18H2,1H3/t25-,26-,27+,28-,29+/m1/s1. The van der Waals surface area contributed by atoms with E-state index in [0.29, 0.717) is 11.7 Å². The molecule has 5 rings (SSSR count). The third-order valence-corrected chi connectivity index (χ3v) is 7.84. The van der Waals surface area contributed by atoms with Gasteiger partial charge in [0.1, 0.15) is 36.4 Å². The van der Waals surface area contributed by atoms with Gasteiger partial charge in [-0.3, -0.25) is 0 Å². The average Bonchev–Trinajstić information content (AvgIpc) is 2.91. The van der Waals surface area contributed by atoms with Crippen molar-refractivity contribution in [2.24, 2.45) is 0 Å². The number of aliphatic hydroxyl groups is 2. The molecule has 1 saturated heterocycles. The van der Waals surface area contributed by atoms with Gasteiger partial charge in [0.05, 0.1) is 0 Å². The summed E-state index contributed by atoms with van der Waals surface area (Å²) < 4.78 is 23.5. The summed E-state index contributed by atoms with van der Waals surface area (Å²) in [7, 11) is 1.51. The zero-order valence-electron chi connectivity index (χ0n) is 20.6. The van der Waals surface area contributed by atoms with Crippen LogP contribution in [0, 0.1) is 0 Å². The first-order valence-corrected chi connectivity index (χ1v) is 13.2. The minimum absolute atomic E-state index is 0.104. The second-order valence-corrected chi connectivity index (χ2v) is 10.2. The molecular formula is C29H38O6. The fourth-order valence-corrected chi connectivity index (χ4v) is 5.75. The van der Waals surface area contributed by atoms with Crippen molar-refractivity contribution in [2.45, 2.75) is 94.4 Å². The molecular weight excluding hydrogens is 444 g/mol. The van der Waals surface area contributed by atoms with E-state index in [-0.39, 0.29) is 6.61 Å². The van der Waals surface area contributed by atoms with Crippen LogP contribution in [0.5, 0.6) is 11.5 Å². The van der Waals surface area contributed by atoms with Crippen LogP contribution >= 0.6 is 0 Å². The normalized spacial score (nSPS) is 29.4. The van der Waals surface area contributed by atoms with E-state index in [1.165, 1.54) is 68.7 Å². The van der Waals surface area contributed by atoms with Crippen LogP contribution in [0.3, 0.4) is 0 Å². The molecule has 2 aliphatic carbocycles. The molecule has 6 heteroatoms. The maximum atomic E-state index is 10.9. The van der Waals surface area contributed by atoms with Crippen LogP contribution in [0.2, 0.25) is 0 Å². The SMILES string of the molecule is CO[C@H]1O[C@H](COc2ccc(C3CCCCC3)cc2)[C@@H](O)[C@H](O)[C@H]1Oc1ccc2c(c1)CCCC2. The molecule has 6 nitrogen and oxygen atoms in total. The molecule has 1 heterocycles. The Morgan fingerprint density at radius 2 is 1.54 bits per heavy atom. The van der Waals surface area contributed by atoms with E-state index in [9.17, 15) is 10.2 Å². The van der Waals surface area contributed by atoms with Gasteiger partial charge in [0.15, 0.2) is 12.4 Å². The molecule has 1 aliphatic heterocycles. The van der Waals surface area contributed by atoms with Crippen LogP contribution in [0.1, 0.15) is 67.6 Å². The molecule has 1 saturated carbocycles. The topological polar surface area (TPSA) is 77.4 Å². The van der Waals surface area contributed by atoms with Crippen molar-refractivity contribution in [1.82, 2.24) is 0 Å². The highest BCUT2D eigenvalue weighted by atomic mass is 16.7.